The number of rotatable bonds is 4. The van der Waals surface area contributed by atoms with Gasteiger partial charge in [0.2, 0.25) is 0 Å². The number of amides is 1. The zero-order chi connectivity index (χ0) is 19.7. The first-order valence-electron chi connectivity index (χ1n) is 9.60. The maximum absolute atomic E-state index is 11.8. The summed E-state index contributed by atoms with van der Waals surface area (Å²) >= 11 is 0. The standard InChI is InChI=1S/C23H25N3O2/c1-23(2,3)28-22(27)25-11-13-26-12-9-17(15-26)19-8-10-24-20-14-16-6-4-5-7-18(16)21(19)20/h4-10,12,15H,11,13-14H2,1-3H3,(H,25,27). The van der Waals surface area contributed by atoms with E-state index in [0.717, 1.165) is 17.7 Å². The van der Waals surface area contributed by atoms with Crippen molar-refractivity contribution in [3.05, 3.63) is 66.2 Å². The van der Waals surface area contributed by atoms with Gasteiger partial charge in [0, 0.05) is 49.2 Å². The minimum atomic E-state index is -0.483. The quantitative estimate of drug-likeness (QED) is 0.565. The number of nitrogens with zero attached hydrogens (tertiary/aromatic N) is 2. The Hall–Kier alpha value is -3.08. The van der Waals surface area contributed by atoms with E-state index < -0.39 is 5.60 Å². The van der Waals surface area contributed by atoms with Crippen molar-refractivity contribution < 1.29 is 9.53 Å². The van der Waals surface area contributed by atoms with E-state index in [4.69, 9.17) is 4.74 Å². The van der Waals surface area contributed by atoms with Crippen LogP contribution >= 0.6 is 0 Å². The molecule has 0 aliphatic heterocycles. The smallest absolute Gasteiger partial charge is 0.407 e. The Labute approximate surface area is 165 Å². The van der Waals surface area contributed by atoms with Crippen LogP contribution in [0.3, 0.4) is 0 Å². The molecular weight excluding hydrogens is 350 g/mol. The van der Waals surface area contributed by atoms with Gasteiger partial charge in [0.25, 0.3) is 0 Å². The van der Waals surface area contributed by atoms with Crippen molar-refractivity contribution in [2.24, 2.45) is 0 Å². The number of alkyl carbamates (subject to hydrolysis) is 1. The van der Waals surface area contributed by atoms with Crippen LogP contribution in [0.5, 0.6) is 0 Å². The molecule has 0 spiro atoms. The van der Waals surface area contributed by atoms with Crippen molar-refractivity contribution in [1.82, 2.24) is 14.9 Å². The highest BCUT2D eigenvalue weighted by atomic mass is 16.6. The van der Waals surface area contributed by atoms with Crippen LogP contribution < -0.4 is 5.32 Å². The van der Waals surface area contributed by atoms with Crippen LogP contribution in [0.4, 0.5) is 4.79 Å². The van der Waals surface area contributed by atoms with Gasteiger partial charge in [-0.3, -0.25) is 4.98 Å². The zero-order valence-electron chi connectivity index (χ0n) is 16.5. The molecule has 1 aromatic carbocycles. The molecule has 0 unspecified atom stereocenters. The third-order valence-electron chi connectivity index (χ3n) is 4.77. The first kappa shape index (κ1) is 18.3. The molecule has 0 bridgehead atoms. The highest BCUT2D eigenvalue weighted by Gasteiger charge is 2.23. The largest absolute Gasteiger partial charge is 0.444 e. The summed E-state index contributed by atoms with van der Waals surface area (Å²) in [6.07, 6.45) is 6.55. The summed E-state index contributed by atoms with van der Waals surface area (Å²) in [7, 11) is 0. The van der Waals surface area contributed by atoms with E-state index in [1.54, 1.807) is 0 Å². The number of carbonyl (C=O) groups excluding carboxylic acids is 1. The van der Waals surface area contributed by atoms with Crippen molar-refractivity contribution in [2.45, 2.75) is 39.3 Å². The van der Waals surface area contributed by atoms with Crippen LogP contribution in [0.1, 0.15) is 32.0 Å². The lowest BCUT2D eigenvalue weighted by atomic mass is 9.98. The molecule has 0 atom stereocenters. The van der Waals surface area contributed by atoms with E-state index in [1.807, 2.05) is 33.2 Å². The lowest BCUT2D eigenvalue weighted by Gasteiger charge is -2.19. The molecule has 2 heterocycles. The van der Waals surface area contributed by atoms with E-state index in [0.29, 0.717) is 13.1 Å². The van der Waals surface area contributed by atoms with Gasteiger partial charge in [-0.25, -0.2) is 4.79 Å². The third-order valence-corrected chi connectivity index (χ3v) is 4.77. The molecule has 2 aromatic heterocycles. The second-order valence-electron chi connectivity index (χ2n) is 8.08. The number of hydrogen-bond donors (Lipinski definition) is 1. The fraction of sp³-hybridized carbons (Fsp3) is 0.304. The van der Waals surface area contributed by atoms with Crippen LogP contribution in [-0.2, 0) is 17.7 Å². The van der Waals surface area contributed by atoms with Gasteiger partial charge in [-0.2, -0.15) is 0 Å². The Bertz CT molecular complexity index is 1010. The molecule has 5 heteroatoms. The molecule has 0 saturated heterocycles. The highest BCUT2D eigenvalue weighted by molar-refractivity contribution is 5.89. The minimum Gasteiger partial charge on any atom is -0.444 e. The average Bonchev–Trinajstić information content (AvgIpc) is 3.24. The SMILES string of the molecule is CC(C)(C)OC(=O)NCCn1ccc(-c2ccnc3c2-c2ccccc2C3)c1. The van der Waals surface area contributed by atoms with Crippen molar-refractivity contribution in [3.63, 3.8) is 0 Å². The van der Waals surface area contributed by atoms with Gasteiger partial charge in [0.15, 0.2) is 0 Å². The number of aromatic nitrogens is 2. The molecule has 1 N–H and O–H groups in total. The normalized spacial score (nSPS) is 12.4. The Morgan fingerprint density at radius 2 is 2.00 bits per heavy atom. The summed E-state index contributed by atoms with van der Waals surface area (Å²) in [5.41, 5.74) is 6.86. The van der Waals surface area contributed by atoms with Crippen molar-refractivity contribution in [1.29, 1.82) is 0 Å². The summed E-state index contributed by atoms with van der Waals surface area (Å²) in [6, 6.07) is 12.7. The van der Waals surface area contributed by atoms with Gasteiger partial charge >= 0.3 is 6.09 Å². The second kappa shape index (κ2) is 7.15. The van der Waals surface area contributed by atoms with E-state index in [-0.39, 0.29) is 6.09 Å². The molecule has 1 amide bonds. The molecule has 1 aliphatic rings. The lowest BCUT2D eigenvalue weighted by Crippen LogP contribution is -2.34. The fourth-order valence-corrected chi connectivity index (χ4v) is 3.62. The number of benzene rings is 1. The molecule has 0 saturated carbocycles. The van der Waals surface area contributed by atoms with Crippen LogP contribution in [0.2, 0.25) is 0 Å². The zero-order valence-corrected chi connectivity index (χ0v) is 16.5. The fourth-order valence-electron chi connectivity index (χ4n) is 3.62. The summed E-state index contributed by atoms with van der Waals surface area (Å²) in [4.78, 5) is 16.4. The number of nitrogens with one attached hydrogen (secondary N) is 1. The van der Waals surface area contributed by atoms with Gasteiger partial charge < -0.3 is 14.6 Å². The predicted molar refractivity (Wildman–Crippen MR) is 110 cm³/mol. The van der Waals surface area contributed by atoms with Crippen molar-refractivity contribution in [3.8, 4) is 22.3 Å². The number of hydrogen-bond acceptors (Lipinski definition) is 3. The van der Waals surface area contributed by atoms with Gasteiger partial charge in [-0.15, -0.1) is 0 Å². The van der Waals surface area contributed by atoms with Gasteiger partial charge in [-0.05, 0) is 49.6 Å². The molecular formula is C23H25N3O2. The van der Waals surface area contributed by atoms with Crippen molar-refractivity contribution in [2.75, 3.05) is 6.54 Å². The molecule has 144 valence electrons. The van der Waals surface area contributed by atoms with Gasteiger partial charge in [0.1, 0.15) is 5.60 Å². The minimum absolute atomic E-state index is 0.386. The predicted octanol–water partition coefficient (Wildman–Crippen LogP) is 4.65. The number of fused-ring (bicyclic) bond motifs is 3. The molecule has 1 aliphatic carbocycles. The Kier molecular flexibility index (Phi) is 4.67. The first-order valence-corrected chi connectivity index (χ1v) is 9.60. The van der Waals surface area contributed by atoms with Crippen LogP contribution in [0.15, 0.2) is 55.0 Å². The van der Waals surface area contributed by atoms with Crippen molar-refractivity contribution >= 4 is 6.09 Å². The van der Waals surface area contributed by atoms with E-state index >= 15 is 0 Å². The summed E-state index contributed by atoms with van der Waals surface area (Å²) in [5.74, 6) is 0. The summed E-state index contributed by atoms with van der Waals surface area (Å²) in [5, 5.41) is 2.80. The Morgan fingerprint density at radius 3 is 2.82 bits per heavy atom. The van der Waals surface area contributed by atoms with Gasteiger partial charge in [0.05, 0.1) is 5.69 Å². The van der Waals surface area contributed by atoms with E-state index in [9.17, 15) is 4.79 Å². The molecule has 0 radical (unpaired) electrons. The maximum atomic E-state index is 11.8. The van der Waals surface area contributed by atoms with Crippen LogP contribution in [0, 0.1) is 0 Å². The van der Waals surface area contributed by atoms with Crippen LogP contribution in [-0.4, -0.2) is 27.8 Å². The monoisotopic (exact) mass is 375 g/mol. The summed E-state index contributed by atoms with van der Waals surface area (Å²) in [6.45, 7) is 6.77. The molecule has 0 fully saturated rings. The average molecular weight is 375 g/mol. The Morgan fingerprint density at radius 1 is 1.18 bits per heavy atom. The number of ether oxygens (including phenoxy) is 1. The summed E-state index contributed by atoms with van der Waals surface area (Å²) < 4.78 is 7.35. The lowest BCUT2D eigenvalue weighted by molar-refractivity contribution is 0.0526. The maximum Gasteiger partial charge on any atom is 0.407 e. The topological polar surface area (TPSA) is 56.1 Å². The highest BCUT2D eigenvalue weighted by Crippen LogP contribution is 2.41. The molecule has 28 heavy (non-hydrogen) atoms. The third kappa shape index (κ3) is 3.79. The molecule has 4 rings (SSSR count). The van der Waals surface area contributed by atoms with E-state index in [2.05, 4.69) is 57.5 Å². The number of pyridine rings is 1. The van der Waals surface area contributed by atoms with Crippen LogP contribution in [0.25, 0.3) is 22.3 Å². The second-order valence-corrected chi connectivity index (χ2v) is 8.08. The molecule has 5 nitrogen and oxygen atoms in total. The number of carbonyl (C=O) groups is 1. The van der Waals surface area contributed by atoms with E-state index in [1.165, 1.54) is 22.3 Å². The first-order chi connectivity index (χ1) is 13.4. The molecule has 3 aromatic rings. The van der Waals surface area contributed by atoms with Gasteiger partial charge in [-0.1, -0.05) is 24.3 Å². The Balaban J connectivity index is 1.48.